The molecule has 8 nitrogen and oxygen atoms in total. The van der Waals surface area contributed by atoms with Crippen molar-refractivity contribution >= 4 is 35.1 Å². The van der Waals surface area contributed by atoms with Gasteiger partial charge < -0.3 is 24.9 Å². The zero-order chi connectivity index (χ0) is 24.4. The number of esters is 1. The molecule has 0 saturated heterocycles. The lowest BCUT2D eigenvalue weighted by atomic mass is 9.93. The normalized spacial score (nSPS) is 29.8. The van der Waals surface area contributed by atoms with Crippen LogP contribution in [0.25, 0.3) is 0 Å². The van der Waals surface area contributed by atoms with Crippen molar-refractivity contribution in [1.82, 2.24) is 5.48 Å². The molecule has 1 saturated carbocycles. The third-order valence-electron chi connectivity index (χ3n) is 5.70. The van der Waals surface area contributed by atoms with Crippen LogP contribution in [0.5, 0.6) is 0 Å². The third kappa shape index (κ3) is 4.95. The molecule has 0 spiro atoms. The van der Waals surface area contributed by atoms with Crippen LogP contribution < -0.4 is 10.0 Å². The molecule has 33 heavy (non-hydrogen) atoms. The van der Waals surface area contributed by atoms with Gasteiger partial charge in [0.2, 0.25) is 5.91 Å². The molecule has 4 atom stereocenters. The molecule has 1 heterocycles. The first-order valence-corrected chi connectivity index (χ1v) is 11.3. The van der Waals surface area contributed by atoms with E-state index >= 15 is 0 Å². The monoisotopic (exact) mass is 498 g/mol. The minimum atomic E-state index is -1.80. The van der Waals surface area contributed by atoms with E-state index in [0.29, 0.717) is 19.3 Å². The smallest absolute Gasteiger partial charge is 0.357 e. The summed E-state index contributed by atoms with van der Waals surface area (Å²) in [4.78, 5) is 24.4. The summed E-state index contributed by atoms with van der Waals surface area (Å²) in [6.45, 7) is 5.37. The molecule has 2 aliphatic carbocycles. The summed E-state index contributed by atoms with van der Waals surface area (Å²) in [5.41, 5.74) is -0.902. The van der Waals surface area contributed by atoms with E-state index in [4.69, 9.17) is 37.4 Å². The minimum absolute atomic E-state index is 0.0472. The second kappa shape index (κ2) is 9.72. The van der Waals surface area contributed by atoms with Crippen molar-refractivity contribution in [3.63, 3.8) is 0 Å². The highest BCUT2D eigenvalue weighted by atomic mass is 35.5. The second-order valence-electron chi connectivity index (χ2n) is 9.13. The molecule has 3 rings (SSSR count). The molecule has 1 aromatic rings. The number of nitrogens with zero attached hydrogens (tertiary/aromatic N) is 1. The van der Waals surface area contributed by atoms with Crippen LogP contribution in [0.1, 0.15) is 40.0 Å². The lowest BCUT2D eigenvalue weighted by Crippen LogP contribution is -2.70. The molecule has 0 bridgehead atoms. The number of ether oxygens (including phenoxy) is 3. The number of halogens is 2. The second-order valence-corrected chi connectivity index (χ2v) is 10.1. The average molecular weight is 499 g/mol. The number of alkyl halides is 1. The third-order valence-corrected chi connectivity index (χ3v) is 6.52. The van der Waals surface area contributed by atoms with Crippen molar-refractivity contribution in [2.45, 2.75) is 63.0 Å². The van der Waals surface area contributed by atoms with Gasteiger partial charge in [-0.25, -0.2) is 0 Å². The summed E-state index contributed by atoms with van der Waals surface area (Å²) < 4.78 is 19.5. The number of aromatic nitrogens is 1. The van der Waals surface area contributed by atoms with Crippen LogP contribution in [-0.4, -0.2) is 36.3 Å². The molecular formula is C23H28Cl2N2O6. The number of hydrogen-bond acceptors (Lipinski definition) is 6. The van der Waals surface area contributed by atoms with Crippen LogP contribution >= 0.6 is 23.2 Å². The number of hydrogen-bond donors (Lipinski definition) is 1. The summed E-state index contributed by atoms with van der Waals surface area (Å²) in [6.07, 6.45) is 6.88. The summed E-state index contributed by atoms with van der Waals surface area (Å²) in [6, 6.07) is 5.35. The maximum absolute atomic E-state index is 12.3. The number of hydroxylamine groups is 1. The summed E-state index contributed by atoms with van der Waals surface area (Å²) >= 11 is 13.7. The fourth-order valence-electron chi connectivity index (χ4n) is 3.98. The number of amides is 1. The Labute approximate surface area is 203 Å². The number of carbonyl (C=O) groups is 2. The van der Waals surface area contributed by atoms with E-state index in [-0.39, 0.29) is 22.7 Å². The summed E-state index contributed by atoms with van der Waals surface area (Å²) in [7, 11) is 1.42. The van der Waals surface area contributed by atoms with Gasteiger partial charge in [0.1, 0.15) is 11.1 Å². The molecular weight excluding hydrogens is 471 g/mol. The van der Waals surface area contributed by atoms with Gasteiger partial charge >= 0.3 is 11.7 Å². The molecule has 1 N–H and O–H groups in total. The van der Waals surface area contributed by atoms with Crippen LogP contribution in [0.2, 0.25) is 0 Å². The Morgan fingerprint density at radius 1 is 1.18 bits per heavy atom. The molecule has 1 fully saturated rings. The van der Waals surface area contributed by atoms with Crippen LogP contribution in [0, 0.1) is 10.6 Å². The highest BCUT2D eigenvalue weighted by Crippen LogP contribution is 2.48. The van der Waals surface area contributed by atoms with E-state index in [1.54, 1.807) is 49.9 Å². The number of nitrogens with one attached hydrogen (secondary N) is 1. The average Bonchev–Trinajstić information content (AvgIpc) is 3.19. The predicted octanol–water partition coefficient (Wildman–Crippen LogP) is 3.41. The number of carbonyl (C=O) groups excluding carboxylic acids is 2. The molecule has 2 aliphatic rings. The molecule has 0 aromatic carbocycles. The first-order chi connectivity index (χ1) is 15.5. The van der Waals surface area contributed by atoms with Gasteiger partial charge in [0.15, 0.2) is 12.4 Å². The maximum atomic E-state index is 12.3. The number of methoxy groups -OCH3 is 1. The van der Waals surface area contributed by atoms with Crippen LogP contribution in [0.4, 0.5) is 0 Å². The van der Waals surface area contributed by atoms with E-state index in [0.717, 1.165) is 0 Å². The van der Waals surface area contributed by atoms with Crippen molar-refractivity contribution in [1.29, 1.82) is 0 Å². The van der Waals surface area contributed by atoms with Gasteiger partial charge in [0, 0.05) is 31.2 Å². The fraction of sp³-hybridized carbons (Fsp3) is 0.522. The minimum Gasteiger partial charge on any atom is -0.759 e. The van der Waals surface area contributed by atoms with Crippen molar-refractivity contribution in [2.24, 2.45) is 5.41 Å². The SMILES string of the molecule is COC1([n+]2ccccc2)C(Cl)=CC(C(=O)N[O-])=CC1(Cl)O[C@@H]1CC[C@H](OC(=O)C(C)(C)C)C1. The van der Waals surface area contributed by atoms with Gasteiger partial charge in [-0.05, 0) is 45.8 Å². The van der Waals surface area contributed by atoms with E-state index in [9.17, 15) is 14.8 Å². The van der Waals surface area contributed by atoms with Gasteiger partial charge in [-0.1, -0.05) is 29.3 Å². The van der Waals surface area contributed by atoms with Gasteiger partial charge in [-0.2, -0.15) is 4.57 Å². The van der Waals surface area contributed by atoms with Gasteiger partial charge in [0.05, 0.1) is 11.5 Å². The van der Waals surface area contributed by atoms with Crippen molar-refractivity contribution < 1.29 is 28.4 Å². The van der Waals surface area contributed by atoms with Crippen LogP contribution in [0.15, 0.2) is 53.4 Å². The Balaban J connectivity index is 1.95. The Morgan fingerprint density at radius 3 is 2.39 bits per heavy atom. The molecule has 1 amide bonds. The summed E-state index contributed by atoms with van der Waals surface area (Å²) in [5.74, 6) is -1.20. The zero-order valence-electron chi connectivity index (χ0n) is 19.0. The fourth-order valence-corrected chi connectivity index (χ4v) is 4.98. The van der Waals surface area contributed by atoms with Crippen molar-refractivity contribution in [2.75, 3.05) is 7.11 Å². The number of rotatable bonds is 6. The highest BCUT2D eigenvalue weighted by molar-refractivity contribution is 6.33. The Morgan fingerprint density at radius 2 is 1.82 bits per heavy atom. The standard InChI is InChI=1S/C23H28Cl2N2O6/c1-21(2,3)20(29)32-16-8-9-17(13-16)33-22(25)14-15(19(28)26-30)12-18(24)23(22,31-4)27-10-6-5-7-11-27/h5-7,10-12,14,16-17H,8-9,13H2,1-4H3,(H-,26,28,30)/t16-,17+,22?,23?/m0/s1. The largest absolute Gasteiger partial charge is 0.759 e. The quantitative estimate of drug-likeness (QED) is 0.279. The molecule has 1 aromatic heterocycles. The Hall–Kier alpha value is -1.97. The van der Waals surface area contributed by atoms with Gasteiger partial charge in [0.25, 0.3) is 5.06 Å². The van der Waals surface area contributed by atoms with Crippen LogP contribution in [-0.2, 0) is 29.5 Å². The Bertz CT molecular complexity index is 961. The predicted molar refractivity (Wildman–Crippen MR) is 122 cm³/mol. The first kappa shape index (κ1) is 25.6. The van der Waals surface area contributed by atoms with Crippen molar-refractivity contribution in [3.05, 3.63) is 58.6 Å². The molecule has 10 heteroatoms. The summed E-state index contributed by atoms with van der Waals surface area (Å²) in [5, 5.41) is 9.29. The van der Waals surface area contributed by atoms with Gasteiger partial charge in [-0.15, -0.1) is 0 Å². The van der Waals surface area contributed by atoms with Crippen molar-refractivity contribution in [3.8, 4) is 0 Å². The molecule has 0 radical (unpaired) electrons. The highest BCUT2D eigenvalue weighted by Gasteiger charge is 2.65. The van der Waals surface area contributed by atoms with E-state index in [1.807, 2.05) is 6.07 Å². The van der Waals surface area contributed by atoms with Gasteiger partial charge in [-0.3, -0.25) is 9.59 Å². The van der Waals surface area contributed by atoms with E-state index in [2.05, 4.69) is 0 Å². The zero-order valence-corrected chi connectivity index (χ0v) is 20.5. The van der Waals surface area contributed by atoms with Crippen LogP contribution in [0.3, 0.4) is 0 Å². The maximum Gasteiger partial charge on any atom is 0.357 e. The van der Waals surface area contributed by atoms with E-state index in [1.165, 1.54) is 24.7 Å². The first-order valence-electron chi connectivity index (χ1n) is 10.6. The Kier molecular flexibility index (Phi) is 7.55. The molecule has 2 unspecified atom stereocenters. The lowest BCUT2D eigenvalue weighted by molar-refractivity contribution is -0.807. The molecule has 180 valence electrons. The topological polar surface area (TPSA) is 101 Å². The van der Waals surface area contributed by atoms with E-state index < -0.39 is 28.2 Å². The molecule has 0 aliphatic heterocycles. The lowest BCUT2D eigenvalue weighted by Gasteiger charge is -2.41. The number of pyridine rings is 1.